The van der Waals surface area contributed by atoms with Crippen LogP contribution in [0.1, 0.15) is 31.2 Å². The molecule has 1 aromatic rings. The van der Waals surface area contributed by atoms with Gasteiger partial charge in [-0.3, -0.25) is 4.79 Å². The predicted molar refractivity (Wildman–Crippen MR) is 61.0 cm³/mol. The third-order valence-corrected chi connectivity index (χ3v) is 3.33. The van der Waals surface area contributed by atoms with Crippen LogP contribution in [0.3, 0.4) is 0 Å². The second-order valence-corrected chi connectivity index (χ2v) is 4.32. The zero-order valence-corrected chi connectivity index (χ0v) is 9.42. The molecule has 1 aliphatic rings. The van der Waals surface area contributed by atoms with E-state index in [1.165, 1.54) is 0 Å². The van der Waals surface area contributed by atoms with Crippen LogP contribution in [-0.2, 0) is 4.79 Å². The Kier molecular flexibility index (Phi) is 2.96. The Balaban J connectivity index is 2.30. The molecule has 0 radical (unpaired) electrons. The number of hydrogen-bond donors (Lipinski definition) is 1. The van der Waals surface area contributed by atoms with Crippen molar-refractivity contribution >= 4 is 17.5 Å². The van der Waals surface area contributed by atoms with Crippen molar-refractivity contribution in [2.45, 2.75) is 31.7 Å². The van der Waals surface area contributed by atoms with Crippen molar-refractivity contribution in [1.29, 1.82) is 0 Å². The van der Waals surface area contributed by atoms with Crippen LogP contribution in [0, 0.1) is 0 Å². The minimum atomic E-state index is 0.131. The van der Waals surface area contributed by atoms with E-state index in [2.05, 4.69) is 12.2 Å². The highest BCUT2D eigenvalue weighted by Gasteiger charge is 2.32. The van der Waals surface area contributed by atoms with Gasteiger partial charge in [0.2, 0.25) is 5.91 Å². The van der Waals surface area contributed by atoms with E-state index < -0.39 is 0 Å². The van der Waals surface area contributed by atoms with Crippen LogP contribution in [0.2, 0.25) is 5.02 Å². The summed E-state index contributed by atoms with van der Waals surface area (Å²) in [5.74, 6) is 0.364. The van der Waals surface area contributed by atoms with Gasteiger partial charge in [0.05, 0.1) is 0 Å². The highest BCUT2D eigenvalue weighted by atomic mass is 35.5. The predicted octanol–water partition coefficient (Wildman–Crippen LogP) is 2.72. The van der Waals surface area contributed by atoms with Gasteiger partial charge in [-0.1, -0.05) is 36.7 Å². The summed E-state index contributed by atoms with van der Waals surface area (Å²) in [7, 11) is 0. The van der Waals surface area contributed by atoms with E-state index in [-0.39, 0.29) is 17.9 Å². The van der Waals surface area contributed by atoms with Crippen LogP contribution in [0.15, 0.2) is 24.3 Å². The molecule has 2 unspecified atom stereocenters. The van der Waals surface area contributed by atoms with E-state index >= 15 is 0 Å². The van der Waals surface area contributed by atoms with Crippen molar-refractivity contribution in [1.82, 2.24) is 5.32 Å². The van der Waals surface area contributed by atoms with Gasteiger partial charge in [-0.15, -0.1) is 0 Å². The summed E-state index contributed by atoms with van der Waals surface area (Å²) >= 11 is 6.14. The van der Waals surface area contributed by atoms with Crippen molar-refractivity contribution in [3.05, 3.63) is 34.9 Å². The van der Waals surface area contributed by atoms with Crippen molar-refractivity contribution in [3.63, 3.8) is 0 Å². The quantitative estimate of drug-likeness (QED) is 0.821. The molecule has 80 valence electrons. The lowest BCUT2D eigenvalue weighted by Gasteiger charge is -2.18. The fourth-order valence-electron chi connectivity index (χ4n) is 2.20. The molecular formula is C12H14ClNO. The van der Waals surface area contributed by atoms with E-state index in [9.17, 15) is 4.79 Å². The summed E-state index contributed by atoms with van der Waals surface area (Å²) in [5.41, 5.74) is 1.09. The molecule has 2 atom stereocenters. The van der Waals surface area contributed by atoms with Gasteiger partial charge in [0.25, 0.3) is 0 Å². The molecule has 1 aromatic carbocycles. The van der Waals surface area contributed by atoms with Gasteiger partial charge in [0.15, 0.2) is 0 Å². The summed E-state index contributed by atoms with van der Waals surface area (Å²) in [6, 6.07) is 8.01. The molecule has 2 rings (SSSR count). The van der Waals surface area contributed by atoms with Crippen molar-refractivity contribution in [2.24, 2.45) is 0 Å². The van der Waals surface area contributed by atoms with E-state index in [1.807, 2.05) is 24.3 Å². The fourth-order valence-corrected chi connectivity index (χ4v) is 2.47. The van der Waals surface area contributed by atoms with Crippen LogP contribution in [0.25, 0.3) is 0 Å². The number of carbonyl (C=O) groups is 1. The first-order valence-corrected chi connectivity index (χ1v) is 5.64. The second-order valence-electron chi connectivity index (χ2n) is 3.91. The molecule has 0 bridgehead atoms. The largest absolute Gasteiger partial charge is 0.353 e. The van der Waals surface area contributed by atoms with Crippen molar-refractivity contribution in [2.75, 3.05) is 0 Å². The van der Waals surface area contributed by atoms with E-state index in [4.69, 9.17) is 11.6 Å². The normalized spacial score (nSPS) is 25.3. The van der Waals surface area contributed by atoms with Crippen molar-refractivity contribution < 1.29 is 4.79 Å². The minimum absolute atomic E-state index is 0.131. The number of nitrogens with one attached hydrogen (secondary N) is 1. The molecule has 0 saturated carbocycles. The number of benzene rings is 1. The minimum Gasteiger partial charge on any atom is -0.353 e. The zero-order valence-electron chi connectivity index (χ0n) is 8.66. The maximum absolute atomic E-state index is 11.4. The first-order valence-electron chi connectivity index (χ1n) is 5.26. The monoisotopic (exact) mass is 223 g/mol. The average molecular weight is 224 g/mol. The lowest BCUT2D eigenvalue weighted by Crippen LogP contribution is -2.27. The molecule has 3 heteroatoms. The summed E-state index contributed by atoms with van der Waals surface area (Å²) in [6.45, 7) is 2.08. The van der Waals surface area contributed by atoms with Crippen LogP contribution in [-0.4, -0.2) is 11.9 Å². The van der Waals surface area contributed by atoms with Gasteiger partial charge in [-0.05, 0) is 18.1 Å². The summed E-state index contributed by atoms with van der Waals surface area (Å²) in [4.78, 5) is 11.4. The zero-order chi connectivity index (χ0) is 10.8. The first kappa shape index (κ1) is 10.5. The van der Waals surface area contributed by atoms with Crippen LogP contribution in [0.4, 0.5) is 0 Å². The molecule has 1 amide bonds. The van der Waals surface area contributed by atoms with Crippen LogP contribution >= 0.6 is 11.6 Å². The number of amides is 1. The Morgan fingerprint density at radius 1 is 1.47 bits per heavy atom. The molecular weight excluding hydrogens is 210 g/mol. The maximum atomic E-state index is 11.4. The highest BCUT2D eigenvalue weighted by Crippen LogP contribution is 2.34. The molecule has 0 spiro atoms. The average Bonchev–Trinajstić information content (AvgIpc) is 2.60. The maximum Gasteiger partial charge on any atom is 0.220 e. The highest BCUT2D eigenvalue weighted by molar-refractivity contribution is 6.31. The number of halogens is 1. The number of rotatable bonds is 2. The molecule has 0 aromatic heterocycles. The third-order valence-electron chi connectivity index (χ3n) is 2.98. The molecule has 1 saturated heterocycles. The molecule has 2 nitrogen and oxygen atoms in total. The summed E-state index contributed by atoms with van der Waals surface area (Å²) in [6.07, 6.45) is 1.50. The first-order chi connectivity index (χ1) is 7.22. The lowest BCUT2D eigenvalue weighted by molar-refractivity contribution is -0.119. The number of hydrogen-bond acceptors (Lipinski definition) is 1. The molecule has 1 heterocycles. The second kappa shape index (κ2) is 4.23. The van der Waals surface area contributed by atoms with Gasteiger partial charge in [0.1, 0.15) is 0 Å². The van der Waals surface area contributed by atoms with E-state index in [0.29, 0.717) is 6.42 Å². The van der Waals surface area contributed by atoms with Gasteiger partial charge in [-0.25, -0.2) is 0 Å². The van der Waals surface area contributed by atoms with E-state index in [1.54, 1.807) is 0 Å². The fraction of sp³-hybridized carbons (Fsp3) is 0.417. The van der Waals surface area contributed by atoms with Crippen LogP contribution in [0.5, 0.6) is 0 Å². The molecule has 15 heavy (non-hydrogen) atoms. The SMILES string of the molecule is CCC1NC(=O)CC1c1ccccc1Cl. The Bertz CT molecular complexity index is 378. The van der Waals surface area contributed by atoms with Gasteiger partial charge in [0, 0.05) is 23.4 Å². The molecule has 1 fully saturated rings. The topological polar surface area (TPSA) is 29.1 Å². The molecule has 0 aliphatic carbocycles. The van der Waals surface area contributed by atoms with Gasteiger partial charge in [-0.2, -0.15) is 0 Å². The Hall–Kier alpha value is -1.02. The van der Waals surface area contributed by atoms with Crippen molar-refractivity contribution in [3.8, 4) is 0 Å². The molecule has 1 N–H and O–H groups in total. The van der Waals surface area contributed by atoms with Gasteiger partial charge < -0.3 is 5.32 Å². The smallest absolute Gasteiger partial charge is 0.220 e. The summed E-state index contributed by atoms with van der Waals surface area (Å²) < 4.78 is 0. The van der Waals surface area contributed by atoms with E-state index in [0.717, 1.165) is 17.0 Å². The Morgan fingerprint density at radius 3 is 2.87 bits per heavy atom. The third kappa shape index (κ3) is 2.00. The molecule has 1 aliphatic heterocycles. The van der Waals surface area contributed by atoms with Gasteiger partial charge >= 0.3 is 0 Å². The number of carbonyl (C=O) groups excluding carboxylic acids is 1. The standard InChI is InChI=1S/C12H14ClNO/c1-2-11-9(7-12(15)14-11)8-5-3-4-6-10(8)13/h3-6,9,11H,2,7H2,1H3,(H,14,15). The lowest BCUT2D eigenvalue weighted by atomic mass is 9.90. The Labute approximate surface area is 94.6 Å². The van der Waals surface area contributed by atoms with Crippen LogP contribution < -0.4 is 5.32 Å². The summed E-state index contributed by atoms with van der Waals surface area (Å²) in [5, 5.41) is 3.74. The Morgan fingerprint density at radius 2 is 2.20 bits per heavy atom.